The third-order valence-electron chi connectivity index (χ3n) is 3.56. The lowest BCUT2D eigenvalue weighted by Gasteiger charge is -2.32. The first kappa shape index (κ1) is 13.7. The second-order valence-electron chi connectivity index (χ2n) is 4.87. The molecule has 1 N–H and O–H groups in total. The monoisotopic (exact) mass is 268 g/mol. The van der Waals surface area contributed by atoms with Crippen molar-refractivity contribution in [2.45, 2.75) is 25.4 Å². The standard InChI is InChI=1S/C14H21ClN2O/c1-17(13-4-3-7-16-9-13)10-11-8-12(15)5-6-14(11)18-2/h5-6,8,13,16H,3-4,7,9-10H2,1-2H3. The van der Waals surface area contributed by atoms with Gasteiger partial charge in [0.1, 0.15) is 5.75 Å². The topological polar surface area (TPSA) is 24.5 Å². The molecule has 0 bridgehead atoms. The van der Waals surface area contributed by atoms with Gasteiger partial charge >= 0.3 is 0 Å². The van der Waals surface area contributed by atoms with Crippen LogP contribution in [0.15, 0.2) is 18.2 Å². The van der Waals surface area contributed by atoms with Gasteiger partial charge in [0, 0.05) is 29.7 Å². The Morgan fingerprint density at radius 2 is 2.33 bits per heavy atom. The van der Waals surface area contributed by atoms with E-state index in [1.165, 1.54) is 12.8 Å². The highest BCUT2D eigenvalue weighted by atomic mass is 35.5. The van der Waals surface area contributed by atoms with Crippen LogP contribution in [0.1, 0.15) is 18.4 Å². The lowest BCUT2D eigenvalue weighted by molar-refractivity contribution is 0.194. The van der Waals surface area contributed by atoms with E-state index in [0.29, 0.717) is 6.04 Å². The second-order valence-corrected chi connectivity index (χ2v) is 5.31. The third kappa shape index (κ3) is 3.37. The quantitative estimate of drug-likeness (QED) is 0.908. The van der Waals surface area contributed by atoms with E-state index in [-0.39, 0.29) is 0 Å². The number of nitrogens with zero attached hydrogens (tertiary/aromatic N) is 1. The summed E-state index contributed by atoms with van der Waals surface area (Å²) in [5, 5.41) is 4.21. The van der Waals surface area contributed by atoms with Gasteiger partial charge in [-0.05, 0) is 44.6 Å². The number of hydrogen-bond acceptors (Lipinski definition) is 3. The first-order chi connectivity index (χ1) is 8.70. The number of piperidine rings is 1. The van der Waals surface area contributed by atoms with Gasteiger partial charge in [-0.2, -0.15) is 0 Å². The second kappa shape index (κ2) is 6.41. The molecule has 4 heteroatoms. The van der Waals surface area contributed by atoms with E-state index >= 15 is 0 Å². The van der Waals surface area contributed by atoms with Gasteiger partial charge < -0.3 is 10.1 Å². The average Bonchev–Trinajstić information content (AvgIpc) is 2.40. The Labute approximate surface area is 114 Å². The van der Waals surface area contributed by atoms with E-state index in [1.807, 2.05) is 18.2 Å². The molecule has 100 valence electrons. The van der Waals surface area contributed by atoms with Crippen molar-refractivity contribution in [3.63, 3.8) is 0 Å². The fourth-order valence-corrected chi connectivity index (χ4v) is 2.67. The van der Waals surface area contributed by atoms with E-state index in [0.717, 1.165) is 36.0 Å². The maximum atomic E-state index is 6.06. The molecule has 1 aliphatic rings. The number of hydrogen-bond donors (Lipinski definition) is 1. The maximum Gasteiger partial charge on any atom is 0.123 e. The van der Waals surface area contributed by atoms with E-state index < -0.39 is 0 Å². The van der Waals surface area contributed by atoms with Gasteiger partial charge in [0.05, 0.1) is 7.11 Å². The molecule has 1 unspecified atom stereocenters. The van der Waals surface area contributed by atoms with Crippen molar-refractivity contribution in [3.05, 3.63) is 28.8 Å². The number of benzene rings is 1. The largest absolute Gasteiger partial charge is 0.496 e. The summed E-state index contributed by atoms with van der Waals surface area (Å²) in [7, 11) is 3.87. The fourth-order valence-electron chi connectivity index (χ4n) is 2.48. The van der Waals surface area contributed by atoms with Crippen molar-refractivity contribution in [2.75, 3.05) is 27.2 Å². The summed E-state index contributed by atoms with van der Waals surface area (Å²) < 4.78 is 5.39. The molecular weight excluding hydrogens is 248 g/mol. The zero-order valence-corrected chi connectivity index (χ0v) is 11.8. The number of nitrogens with one attached hydrogen (secondary N) is 1. The fraction of sp³-hybridized carbons (Fsp3) is 0.571. The Hall–Kier alpha value is -0.770. The molecule has 1 aromatic rings. The Morgan fingerprint density at radius 3 is 3.00 bits per heavy atom. The molecule has 0 spiro atoms. The van der Waals surface area contributed by atoms with Gasteiger partial charge in [0.15, 0.2) is 0 Å². The Morgan fingerprint density at radius 1 is 1.50 bits per heavy atom. The van der Waals surface area contributed by atoms with Crippen LogP contribution in [0.3, 0.4) is 0 Å². The molecule has 0 amide bonds. The van der Waals surface area contributed by atoms with Gasteiger partial charge in [0.2, 0.25) is 0 Å². The Balaban J connectivity index is 2.05. The van der Waals surface area contributed by atoms with Gasteiger partial charge in [-0.15, -0.1) is 0 Å². The SMILES string of the molecule is COc1ccc(Cl)cc1CN(C)C1CCCNC1. The molecule has 1 saturated heterocycles. The summed E-state index contributed by atoms with van der Waals surface area (Å²) in [5.74, 6) is 0.912. The van der Waals surface area contributed by atoms with Crippen LogP contribution >= 0.6 is 11.6 Å². The summed E-state index contributed by atoms with van der Waals surface area (Å²) in [6, 6.07) is 6.39. The molecule has 0 radical (unpaired) electrons. The van der Waals surface area contributed by atoms with Crippen LogP contribution in [-0.2, 0) is 6.54 Å². The van der Waals surface area contributed by atoms with Crippen molar-refractivity contribution < 1.29 is 4.74 Å². The summed E-state index contributed by atoms with van der Waals surface area (Å²) in [4.78, 5) is 2.38. The number of rotatable bonds is 4. The number of ether oxygens (including phenoxy) is 1. The van der Waals surface area contributed by atoms with Crippen LogP contribution in [0.25, 0.3) is 0 Å². The molecule has 1 aliphatic heterocycles. The van der Waals surface area contributed by atoms with Crippen LogP contribution in [0.4, 0.5) is 0 Å². The van der Waals surface area contributed by atoms with E-state index in [4.69, 9.17) is 16.3 Å². The minimum Gasteiger partial charge on any atom is -0.496 e. The zero-order valence-electron chi connectivity index (χ0n) is 11.1. The van der Waals surface area contributed by atoms with Crippen LogP contribution in [0.5, 0.6) is 5.75 Å². The minimum absolute atomic E-state index is 0.599. The lowest BCUT2D eigenvalue weighted by atomic mass is 10.1. The average molecular weight is 269 g/mol. The first-order valence-electron chi connectivity index (χ1n) is 6.44. The molecule has 0 aliphatic carbocycles. The highest BCUT2D eigenvalue weighted by Gasteiger charge is 2.18. The van der Waals surface area contributed by atoms with Crippen molar-refractivity contribution in [2.24, 2.45) is 0 Å². The highest BCUT2D eigenvalue weighted by molar-refractivity contribution is 6.30. The lowest BCUT2D eigenvalue weighted by Crippen LogP contribution is -2.43. The van der Waals surface area contributed by atoms with Crippen molar-refractivity contribution in [3.8, 4) is 5.75 Å². The normalized spacial score (nSPS) is 20.1. The van der Waals surface area contributed by atoms with Crippen LogP contribution < -0.4 is 10.1 Å². The third-order valence-corrected chi connectivity index (χ3v) is 3.79. The van der Waals surface area contributed by atoms with Gasteiger partial charge in [0.25, 0.3) is 0 Å². The zero-order chi connectivity index (χ0) is 13.0. The van der Waals surface area contributed by atoms with Crippen LogP contribution in [0, 0.1) is 0 Å². The molecule has 1 fully saturated rings. The van der Waals surface area contributed by atoms with Crippen molar-refractivity contribution in [1.82, 2.24) is 10.2 Å². The smallest absolute Gasteiger partial charge is 0.123 e. The van der Waals surface area contributed by atoms with Crippen LogP contribution in [0.2, 0.25) is 5.02 Å². The van der Waals surface area contributed by atoms with E-state index in [9.17, 15) is 0 Å². The Kier molecular flexibility index (Phi) is 4.87. The summed E-state index contributed by atoms with van der Waals surface area (Å²) in [5.41, 5.74) is 1.15. The van der Waals surface area contributed by atoms with Crippen molar-refractivity contribution in [1.29, 1.82) is 0 Å². The van der Waals surface area contributed by atoms with E-state index in [2.05, 4.69) is 17.3 Å². The highest BCUT2D eigenvalue weighted by Crippen LogP contribution is 2.24. The van der Waals surface area contributed by atoms with Crippen LogP contribution in [-0.4, -0.2) is 38.2 Å². The molecule has 1 heterocycles. The Bertz CT molecular complexity index is 391. The number of methoxy groups -OCH3 is 1. The molecular formula is C14H21ClN2O. The molecule has 3 nitrogen and oxygen atoms in total. The summed E-state index contributed by atoms with van der Waals surface area (Å²) in [6.45, 7) is 3.08. The molecule has 18 heavy (non-hydrogen) atoms. The van der Waals surface area contributed by atoms with E-state index in [1.54, 1.807) is 7.11 Å². The van der Waals surface area contributed by atoms with Gasteiger partial charge in [-0.1, -0.05) is 11.6 Å². The minimum atomic E-state index is 0.599. The first-order valence-corrected chi connectivity index (χ1v) is 6.82. The summed E-state index contributed by atoms with van der Waals surface area (Å²) >= 11 is 6.06. The molecule has 1 atom stereocenters. The predicted molar refractivity (Wildman–Crippen MR) is 75.4 cm³/mol. The summed E-state index contributed by atoms with van der Waals surface area (Å²) in [6.07, 6.45) is 2.51. The maximum absolute atomic E-state index is 6.06. The number of likely N-dealkylation sites (N-methyl/N-ethyl adjacent to an activating group) is 1. The molecule has 2 rings (SSSR count). The van der Waals surface area contributed by atoms with Gasteiger partial charge in [-0.25, -0.2) is 0 Å². The number of halogens is 1. The molecule has 1 aromatic carbocycles. The van der Waals surface area contributed by atoms with Crippen molar-refractivity contribution >= 4 is 11.6 Å². The molecule has 0 aromatic heterocycles. The van der Waals surface area contributed by atoms with Gasteiger partial charge in [-0.3, -0.25) is 4.90 Å². The molecule has 0 saturated carbocycles. The predicted octanol–water partition coefficient (Wildman–Crippen LogP) is 2.53.